The average Bonchev–Trinajstić information content (AvgIpc) is 2.99. The third-order valence-electron chi connectivity index (χ3n) is 3.27. The maximum atomic E-state index is 12.2. The number of rotatable bonds is 6. The van der Waals surface area contributed by atoms with E-state index in [1.807, 2.05) is 6.92 Å². The summed E-state index contributed by atoms with van der Waals surface area (Å²) in [7, 11) is -1.82. The summed E-state index contributed by atoms with van der Waals surface area (Å²) in [5.74, 6) is 0.821. The van der Waals surface area contributed by atoms with Crippen molar-refractivity contribution in [2.24, 2.45) is 5.92 Å². The first-order chi connectivity index (χ1) is 9.03. The Morgan fingerprint density at radius 2 is 2.26 bits per heavy atom. The zero-order valence-electron chi connectivity index (χ0n) is 11.2. The molecule has 2 unspecified atom stereocenters. The van der Waals surface area contributed by atoms with Gasteiger partial charge in [0.05, 0.1) is 13.2 Å². The van der Waals surface area contributed by atoms with Gasteiger partial charge >= 0.3 is 0 Å². The molecular weight excluding hydrogens is 268 g/mol. The van der Waals surface area contributed by atoms with Crippen LogP contribution in [0.1, 0.15) is 19.1 Å². The summed E-state index contributed by atoms with van der Waals surface area (Å²) in [5.41, 5.74) is 0. The van der Waals surface area contributed by atoms with Crippen LogP contribution in [0.4, 0.5) is 0 Å². The molecule has 0 saturated carbocycles. The fraction of sp³-hybridized carbons (Fsp3) is 0.667. The standard InChI is InChI=1S/C12H20N2O4S/c1-9(10-5-6-17-8-10)14-19(15,16)12-4-3-11(18-12)7-13-2/h3-4,9-10,13-14H,5-8H2,1-2H3. The summed E-state index contributed by atoms with van der Waals surface area (Å²) >= 11 is 0. The van der Waals surface area contributed by atoms with Crippen molar-refractivity contribution >= 4 is 10.0 Å². The number of nitrogens with one attached hydrogen (secondary N) is 2. The maximum Gasteiger partial charge on any atom is 0.274 e. The van der Waals surface area contributed by atoms with Gasteiger partial charge in [0.1, 0.15) is 5.76 Å². The lowest BCUT2D eigenvalue weighted by Gasteiger charge is -2.18. The van der Waals surface area contributed by atoms with Gasteiger partial charge in [-0.2, -0.15) is 0 Å². The summed E-state index contributed by atoms with van der Waals surface area (Å²) in [6.07, 6.45) is 0.882. The molecule has 2 atom stereocenters. The highest BCUT2D eigenvalue weighted by molar-refractivity contribution is 7.89. The zero-order chi connectivity index (χ0) is 13.9. The molecule has 1 aliphatic rings. The molecule has 2 N–H and O–H groups in total. The highest BCUT2D eigenvalue weighted by Gasteiger charge is 2.28. The van der Waals surface area contributed by atoms with Gasteiger partial charge in [-0.15, -0.1) is 0 Å². The lowest BCUT2D eigenvalue weighted by molar-refractivity contribution is 0.180. The van der Waals surface area contributed by atoms with E-state index in [9.17, 15) is 8.42 Å². The molecule has 1 aromatic rings. The molecule has 0 amide bonds. The minimum atomic E-state index is -3.59. The number of hydrogen-bond donors (Lipinski definition) is 2. The largest absolute Gasteiger partial charge is 0.447 e. The van der Waals surface area contributed by atoms with Crippen molar-refractivity contribution in [1.82, 2.24) is 10.0 Å². The molecule has 0 radical (unpaired) electrons. The monoisotopic (exact) mass is 288 g/mol. The third-order valence-corrected chi connectivity index (χ3v) is 4.70. The van der Waals surface area contributed by atoms with E-state index in [0.717, 1.165) is 6.42 Å². The third kappa shape index (κ3) is 3.56. The van der Waals surface area contributed by atoms with E-state index in [0.29, 0.717) is 25.5 Å². The molecule has 1 aromatic heterocycles. The maximum absolute atomic E-state index is 12.2. The van der Waals surface area contributed by atoms with Crippen molar-refractivity contribution in [1.29, 1.82) is 0 Å². The van der Waals surface area contributed by atoms with E-state index < -0.39 is 10.0 Å². The summed E-state index contributed by atoms with van der Waals surface area (Å²) in [6.45, 7) is 3.66. The summed E-state index contributed by atoms with van der Waals surface area (Å²) in [4.78, 5) is 0. The molecule has 0 aliphatic carbocycles. The number of sulfonamides is 1. The van der Waals surface area contributed by atoms with E-state index in [4.69, 9.17) is 9.15 Å². The fourth-order valence-electron chi connectivity index (χ4n) is 2.12. The summed E-state index contributed by atoms with van der Waals surface area (Å²) in [5, 5.41) is 2.87. The zero-order valence-corrected chi connectivity index (χ0v) is 12.0. The van der Waals surface area contributed by atoms with Gasteiger partial charge in [0.15, 0.2) is 0 Å². The van der Waals surface area contributed by atoms with Crippen LogP contribution in [0.2, 0.25) is 0 Å². The van der Waals surface area contributed by atoms with E-state index >= 15 is 0 Å². The van der Waals surface area contributed by atoms with Crippen LogP contribution in [0.5, 0.6) is 0 Å². The molecule has 2 heterocycles. The molecule has 1 fully saturated rings. The molecule has 0 bridgehead atoms. The Bertz CT molecular complexity index is 506. The van der Waals surface area contributed by atoms with Crippen molar-refractivity contribution in [3.8, 4) is 0 Å². The average molecular weight is 288 g/mol. The quantitative estimate of drug-likeness (QED) is 0.805. The van der Waals surface area contributed by atoms with Crippen molar-refractivity contribution in [2.75, 3.05) is 20.3 Å². The van der Waals surface area contributed by atoms with Crippen LogP contribution in [-0.2, 0) is 21.3 Å². The van der Waals surface area contributed by atoms with Crippen LogP contribution >= 0.6 is 0 Å². The van der Waals surface area contributed by atoms with Crippen molar-refractivity contribution in [2.45, 2.75) is 31.0 Å². The van der Waals surface area contributed by atoms with Crippen molar-refractivity contribution in [3.63, 3.8) is 0 Å². The molecule has 108 valence electrons. The van der Waals surface area contributed by atoms with Crippen LogP contribution in [0.3, 0.4) is 0 Å². The molecular formula is C12H20N2O4S. The van der Waals surface area contributed by atoms with E-state index in [1.54, 1.807) is 13.1 Å². The Morgan fingerprint density at radius 1 is 1.47 bits per heavy atom. The Kier molecular flexibility index (Phi) is 4.62. The van der Waals surface area contributed by atoms with Crippen LogP contribution < -0.4 is 10.0 Å². The van der Waals surface area contributed by atoms with Gasteiger partial charge in [-0.25, -0.2) is 13.1 Å². The summed E-state index contributed by atoms with van der Waals surface area (Å²) < 4.78 is 37.5. The Labute approximate surface area is 113 Å². The molecule has 1 aliphatic heterocycles. The van der Waals surface area contributed by atoms with Crippen molar-refractivity contribution in [3.05, 3.63) is 17.9 Å². The molecule has 19 heavy (non-hydrogen) atoms. The second-order valence-corrected chi connectivity index (χ2v) is 6.43. The first kappa shape index (κ1) is 14.5. The number of hydrogen-bond acceptors (Lipinski definition) is 5. The summed E-state index contributed by atoms with van der Waals surface area (Å²) in [6, 6.07) is 2.98. The predicted octanol–water partition coefficient (Wildman–Crippen LogP) is 0.702. The SMILES string of the molecule is CNCc1ccc(S(=O)(=O)NC(C)C2CCOC2)o1. The molecule has 0 spiro atoms. The van der Waals surface area contributed by atoms with Gasteiger partial charge in [-0.1, -0.05) is 0 Å². The van der Waals surface area contributed by atoms with Crippen LogP contribution in [0.15, 0.2) is 21.6 Å². The second-order valence-electron chi connectivity index (χ2n) is 4.78. The molecule has 6 nitrogen and oxygen atoms in total. The van der Waals surface area contributed by atoms with Gasteiger partial charge in [0, 0.05) is 18.6 Å². The van der Waals surface area contributed by atoms with Gasteiger partial charge in [0.25, 0.3) is 10.0 Å². The highest BCUT2D eigenvalue weighted by Crippen LogP contribution is 2.19. The van der Waals surface area contributed by atoms with Crippen LogP contribution in [-0.4, -0.2) is 34.7 Å². The first-order valence-corrected chi connectivity index (χ1v) is 7.84. The second kappa shape index (κ2) is 6.04. The molecule has 1 saturated heterocycles. The van der Waals surface area contributed by atoms with E-state index in [1.165, 1.54) is 6.07 Å². The van der Waals surface area contributed by atoms with Gasteiger partial charge < -0.3 is 14.5 Å². The number of furan rings is 1. The highest BCUT2D eigenvalue weighted by atomic mass is 32.2. The smallest absolute Gasteiger partial charge is 0.274 e. The van der Waals surface area contributed by atoms with Gasteiger partial charge in [-0.3, -0.25) is 0 Å². The van der Waals surface area contributed by atoms with Gasteiger partial charge in [-0.05, 0) is 32.5 Å². The van der Waals surface area contributed by atoms with Crippen LogP contribution in [0, 0.1) is 5.92 Å². The Morgan fingerprint density at radius 3 is 2.89 bits per heavy atom. The lowest BCUT2D eigenvalue weighted by Crippen LogP contribution is -2.38. The van der Waals surface area contributed by atoms with E-state index in [2.05, 4.69) is 10.0 Å². The minimum Gasteiger partial charge on any atom is -0.447 e. The molecule has 7 heteroatoms. The lowest BCUT2D eigenvalue weighted by atomic mass is 10.0. The minimum absolute atomic E-state index is 0.0384. The normalized spacial score (nSPS) is 21.7. The molecule has 2 rings (SSSR count). The van der Waals surface area contributed by atoms with Crippen LogP contribution in [0.25, 0.3) is 0 Å². The predicted molar refractivity (Wildman–Crippen MR) is 70.2 cm³/mol. The Balaban J connectivity index is 2.03. The topological polar surface area (TPSA) is 80.6 Å². The van der Waals surface area contributed by atoms with Gasteiger partial charge in [0.2, 0.25) is 5.09 Å². The van der Waals surface area contributed by atoms with E-state index in [-0.39, 0.29) is 17.1 Å². The molecule has 0 aromatic carbocycles. The van der Waals surface area contributed by atoms with Crippen molar-refractivity contribution < 1.29 is 17.6 Å². The Hall–Kier alpha value is -0.890. The fourth-order valence-corrected chi connectivity index (χ4v) is 3.38. The first-order valence-electron chi connectivity index (χ1n) is 6.36. The number of ether oxygens (including phenoxy) is 1.